The highest BCUT2D eigenvalue weighted by Gasteiger charge is 2.27. The summed E-state index contributed by atoms with van der Waals surface area (Å²) in [6.45, 7) is 0. The minimum Gasteiger partial charge on any atom is -0.496 e. The molecule has 0 aliphatic carbocycles. The summed E-state index contributed by atoms with van der Waals surface area (Å²) in [6, 6.07) is 15.8. The Labute approximate surface area is 171 Å². The smallest absolute Gasteiger partial charge is 0.353 e. The normalized spacial score (nSPS) is 14.1. The molecule has 29 heavy (non-hydrogen) atoms. The lowest BCUT2D eigenvalue weighted by atomic mass is 10.1. The molecule has 0 unspecified atom stereocenters. The quantitative estimate of drug-likeness (QED) is 0.334. The summed E-state index contributed by atoms with van der Waals surface area (Å²) in [7, 11) is 1.61. The maximum atomic E-state index is 12.5. The van der Waals surface area contributed by atoms with Crippen LogP contribution < -0.4 is 14.2 Å². The fraction of sp³-hybridized carbons (Fsp3) is 0.0435. The van der Waals surface area contributed by atoms with Crippen LogP contribution in [0.2, 0.25) is 0 Å². The molecule has 4 rings (SSSR count). The van der Waals surface area contributed by atoms with E-state index in [2.05, 4.69) is 0 Å². The Morgan fingerprint density at radius 3 is 2.76 bits per heavy atom. The number of para-hydroxylation sites is 1. The highest BCUT2D eigenvalue weighted by Crippen LogP contribution is 2.34. The van der Waals surface area contributed by atoms with Crippen LogP contribution in [0.3, 0.4) is 0 Å². The zero-order valence-corrected chi connectivity index (χ0v) is 16.3. The van der Waals surface area contributed by atoms with Crippen molar-refractivity contribution in [3.8, 4) is 17.2 Å². The Morgan fingerprint density at radius 1 is 1.10 bits per heavy atom. The maximum Gasteiger partial charge on any atom is 0.353 e. The lowest BCUT2D eigenvalue weighted by molar-refractivity contribution is 0.0739. The number of carbonyl (C=O) groups excluding carboxylic acids is 2. The van der Waals surface area contributed by atoms with Crippen molar-refractivity contribution in [2.24, 2.45) is 0 Å². The minimum atomic E-state index is -0.445. The zero-order valence-electron chi connectivity index (χ0n) is 15.5. The van der Waals surface area contributed by atoms with Crippen LogP contribution >= 0.6 is 11.3 Å². The predicted molar refractivity (Wildman–Crippen MR) is 111 cm³/mol. The van der Waals surface area contributed by atoms with Gasteiger partial charge in [-0.25, -0.2) is 4.79 Å². The third-order valence-electron chi connectivity index (χ3n) is 4.24. The maximum absolute atomic E-state index is 12.5. The van der Waals surface area contributed by atoms with E-state index in [1.54, 1.807) is 55.0 Å². The number of esters is 1. The van der Waals surface area contributed by atoms with E-state index in [0.717, 1.165) is 11.3 Å². The van der Waals surface area contributed by atoms with Gasteiger partial charge in [0.25, 0.3) is 0 Å². The summed E-state index contributed by atoms with van der Waals surface area (Å²) in [5.41, 5.74) is 1.32. The number of carbonyl (C=O) groups is 2. The number of thiophene rings is 1. The molecule has 0 radical (unpaired) electrons. The van der Waals surface area contributed by atoms with Crippen molar-refractivity contribution in [1.82, 2.24) is 0 Å². The first-order valence-electron chi connectivity index (χ1n) is 8.79. The van der Waals surface area contributed by atoms with Gasteiger partial charge in [0.2, 0.25) is 5.78 Å². The molecule has 6 heteroatoms. The first-order chi connectivity index (χ1) is 14.2. The first-order valence-corrected chi connectivity index (χ1v) is 9.67. The van der Waals surface area contributed by atoms with Crippen LogP contribution in [0.25, 0.3) is 6.08 Å². The van der Waals surface area contributed by atoms with Gasteiger partial charge >= 0.3 is 5.97 Å². The van der Waals surface area contributed by atoms with Crippen LogP contribution in [0.1, 0.15) is 25.6 Å². The molecule has 0 fully saturated rings. The van der Waals surface area contributed by atoms with E-state index in [1.807, 2.05) is 30.3 Å². The van der Waals surface area contributed by atoms with E-state index in [4.69, 9.17) is 14.2 Å². The fourth-order valence-corrected chi connectivity index (χ4v) is 3.44. The molecule has 0 bridgehead atoms. The molecule has 144 valence electrons. The molecule has 0 saturated heterocycles. The number of benzene rings is 2. The number of methoxy groups -OCH3 is 1. The van der Waals surface area contributed by atoms with Crippen molar-refractivity contribution in [1.29, 1.82) is 0 Å². The average Bonchev–Trinajstić information content (AvgIpc) is 3.37. The van der Waals surface area contributed by atoms with Gasteiger partial charge in [0.15, 0.2) is 5.76 Å². The minimum absolute atomic E-state index is 0.202. The highest BCUT2D eigenvalue weighted by atomic mass is 32.1. The summed E-state index contributed by atoms with van der Waals surface area (Å²) < 4.78 is 16.3. The van der Waals surface area contributed by atoms with Gasteiger partial charge in [-0.2, -0.15) is 0 Å². The van der Waals surface area contributed by atoms with E-state index >= 15 is 0 Å². The molecule has 0 atom stereocenters. The van der Waals surface area contributed by atoms with Crippen molar-refractivity contribution < 1.29 is 23.8 Å². The molecule has 1 aliphatic rings. The van der Waals surface area contributed by atoms with Gasteiger partial charge in [-0.3, -0.25) is 4.79 Å². The second kappa shape index (κ2) is 8.16. The van der Waals surface area contributed by atoms with Gasteiger partial charge in [0.1, 0.15) is 22.1 Å². The Hall–Kier alpha value is -3.64. The first kappa shape index (κ1) is 18.7. The van der Waals surface area contributed by atoms with Crippen LogP contribution in [-0.2, 0) is 0 Å². The van der Waals surface area contributed by atoms with E-state index in [0.29, 0.717) is 21.9 Å². The summed E-state index contributed by atoms with van der Waals surface area (Å²) in [5.74, 6) is 0.957. The zero-order chi connectivity index (χ0) is 20.2. The topological polar surface area (TPSA) is 61.8 Å². The number of hydrogen-bond acceptors (Lipinski definition) is 6. The lowest BCUT2D eigenvalue weighted by Crippen LogP contribution is -2.06. The molecule has 1 aromatic heterocycles. The number of allylic oxidation sites excluding steroid dienone is 3. The summed E-state index contributed by atoms with van der Waals surface area (Å²) in [6.07, 6.45) is 5.17. The molecule has 3 aromatic rings. The fourth-order valence-electron chi connectivity index (χ4n) is 2.84. The molecular formula is C23H16O5S. The van der Waals surface area contributed by atoms with Crippen molar-refractivity contribution in [2.45, 2.75) is 0 Å². The van der Waals surface area contributed by atoms with Crippen molar-refractivity contribution >= 4 is 29.2 Å². The molecule has 0 amide bonds. The molecule has 5 nitrogen and oxygen atoms in total. The molecule has 2 heterocycles. The Bertz CT molecular complexity index is 1130. The van der Waals surface area contributed by atoms with Crippen molar-refractivity contribution in [3.63, 3.8) is 0 Å². The van der Waals surface area contributed by atoms with Gasteiger partial charge in [-0.1, -0.05) is 36.4 Å². The van der Waals surface area contributed by atoms with Crippen molar-refractivity contribution in [3.05, 3.63) is 93.9 Å². The summed E-state index contributed by atoms with van der Waals surface area (Å²) >= 11 is 1.30. The second-order valence-electron chi connectivity index (χ2n) is 6.09. The summed E-state index contributed by atoms with van der Waals surface area (Å²) in [5, 5.41) is 1.80. The monoisotopic (exact) mass is 404 g/mol. The van der Waals surface area contributed by atoms with Crippen LogP contribution in [-0.4, -0.2) is 18.9 Å². The molecule has 0 spiro atoms. The number of hydrogen-bond donors (Lipinski definition) is 0. The Kier molecular flexibility index (Phi) is 5.27. The third kappa shape index (κ3) is 3.97. The lowest BCUT2D eigenvalue weighted by Gasteiger charge is -2.04. The van der Waals surface area contributed by atoms with E-state index in [-0.39, 0.29) is 11.5 Å². The van der Waals surface area contributed by atoms with E-state index in [1.165, 1.54) is 11.3 Å². The van der Waals surface area contributed by atoms with Gasteiger partial charge in [0.05, 0.1) is 12.7 Å². The van der Waals surface area contributed by atoms with Gasteiger partial charge in [-0.05, 0) is 35.7 Å². The Morgan fingerprint density at radius 2 is 1.97 bits per heavy atom. The van der Waals surface area contributed by atoms with Crippen LogP contribution in [0.5, 0.6) is 17.2 Å². The van der Waals surface area contributed by atoms with Crippen LogP contribution in [0.4, 0.5) is 0 Å². The second-order valence-corrected chi connectivity index (χ2v) is 7.04. The predicted octanol–water partition coefficient (Wildman–Crippen LogP) is 5.15. The third-order valence-corrected chi connectivity index (χ3v) is 5.09. The standard InChI is InChI=1S/C23H16O5S/c1-26-18-8-3-2-6-15(18)7-4-9-19-22(24)17-12-11-16(14-20(17)28-19)27-23(25)21-10-5-13-29-21/h2-14H,1H3/b7-4+,19-9-. The average molecular weight is 404 g/mol. The number of ketones is 1. The number of ether oxygens (including phenoxy) is 3. The number of fused-ring (bicyclic) bond motifs is 1. The summed E-state index contributed by atoms with van der Waals surface area (Å²) in [4.78, 5) is 25.1. The SMILES string of the molecule is COc1ccccc1/C=C/C=C1\Oc2cc(OC(=O)c3cccs3)ccc2C1=O. The van der Waals surface area contributed by atoms with Crippen molar-refractivity contribution in [2.75, 3.05) is 7.11 Å². The molecular weight excluding hydrogens is 388 g/mol. The van der Waals surface area contributed by atoms with Gasteiger partial charge in [-0.15, -0.1) is 11.3 Å². The van der Waals surface area contributed by atoms with E-state index < -0.39 is 5.97 Å². The molecule has 0 saturated carbocycles. The van der Waals surface area contributed by atoms with Gasteiger partial charge in [0, 0.05) is 11.6 Å². The molecule has 0 N–H and O–H groups in total. The van der Waals surface area contributed by atoms with E-state index in [9.17, 15) is 9.59 Å². The number of rotatable bonds is 5. The van der Waals surface area contributed by atoms with Gasteiger partial charge < -0.3 is 14.2 Å². The Balaban J connectivity index is 1.50. The largest absolute Gasteiger partial charge is 0.496 e. The molecule has 2 aromatic carbocycles. The molecule has 1 aliphatic heterocycles. The van der Waals surface area contributed by atoms with Crippen LogP contribution in [0, 0.1) is 0 Å². The highest BCUT2D eigenvalue weighted by molar-refractivity contribution is 7.12. The number of Topliss-reactive ketones (excluding diaryl/α,β-unsaturated/α-hetero) is 1. The van der Waals surface area contributed by atoms with Crippen LogP contribution in [0.15, 0.2) is 77.9 Å².